The highest BCUT2D eigenvalue weighted by atomic mass is 35.5. The standard InChI is InChI=1S/C25H19Cl2N3O2/c1-16(31)29(2)20-10-12-21(13-11-20)30-24(17-6-4-3-5-7-17)28-23(25(30)32)14-18-8-9-19(26)15-22(18)27/h3-15H,1-2H3. The Kier molecular flexibility index (Phi) is 6.12. The summed E-state index contributed by atoms with van der Waals surface area (Å²) in [6.45, 7) is 1.50. The molecule has 3 aromatic carbocycles. The molecule has 1 heterocycles. The number of anilines is 2. The minimum absolute atomic E-state index is 0.0772. The van der Waals surface area contributed by atoms with Crippen molar-refractivity contribution in [2.45, 2.75) is 6.92 Å². The van der Waals surface area contributed by atoms with E-state index in [0.717, 1.165) is 11.3 Å². The van der Waals surface area contributed by atoms with Gasteiger partial charge in [0.1, 0.15) is 11.5 Å². The Hall–Kier alpha value is -3.41. The predicted octanol–water partition coefficient (Wildman–Crippen LogP) is 5.81. The van der Waals surface area contributed by atoms with E-state index < -0.39 is 0 Å². The van der Waals surface area contributed by atoms with Gasteiger partial charge >= 0.3 is 0 Å². The number of carbonyl (C=O) groups excluding carboxylic acids is 2. The van der Waals surface area contributed by atoms with E-state index in [1.54, 1.807) is 60.5 Å². The van der Waals surface area contributed by atoms with Gasteiger partial charge < -0.3 is 4.90 Å². The fourth-order valence-corrected chi connectivity index (χ4v) is 3.77. The van der Waals surface area contributed by atoms with E-state index in [1.165, 1.54) is 11.8 Å². The maximum absolute atomic E-state index is 13.4. The molecule has 0 fully saturated rings. The van der Waals surface area contributed by atoms with E-state index in [1.807, 2.05) is 30.3 Å². The number of halogens is 2. The first-order valence-corrected chi connectivity index (χ1v) is 10.6. The lowest BCUT2D eigenvalue weighted by atomic mass is 10.1. The molecule has 0 aromatic heterocycles. The third kappa shape index (κ3) is 4.31. The number of nitrogens with zero attached hydrogens (tertiary/aromatic N) is 3. The minimum atomic E-state index is -0.275. The van der Waals surface area contributed by atoms with Crippen LogP contribution in [0.25, 0.3) is 6.08 Å². The molecule has 0 aliphatic carbocycles. The van der Waals surface area contributed by atoms with Gasteiger partial charge in [0.05, 0.1) is 5.69 Å². The van der Waals surface area contributed by atoms with Crippen LogP contribution in [0.1, 0.15) is 18.1 Å². The van der Waals surface area contributed by atoms with Crippen molar-refractivity contribution in [3.8, 4) is 0 Å². The zero-order chi connectivity index (χ0) is 22.8. The molecule has 0 saturated carbocycles. The first-order chi connectivity index (χ1) is 15.3. The molecule has 32 heavy (non-hydrogen) atoms. The second-order valence-corrected chi connectivity index (χ2v) is 8.08. The van der Waals surface area contributed by atoms with Crippen molar-refractivity contribution in [3.05, 3.63) is 99.7 Å². The molecule has 160 valence electrons. The summed E-state index contributed by atoms with van der Waals surface area (Å²) in [7, 11) is 1.70. The summed E-state index contributed by atoms with van der Waals surface area (Å²) in [6, 6.07) is 21.7. The predicted molar refractivity (Wildman–Crippen MR) is 130 cm³/mol. The van der Waals surface area contributed by atoms with Crippen LogP contribution < -0.4 is 9.80 Å². The molecular formula is C25H19Cl2N3O2. The van der Waals surface area contributed by atoms with Gasteiger partial charge in [0.15, 0.2) is 0 Å². The van der Waals surface area contributed by atoms with Gasteiger partial charge in [-0.15, -0.1) is 0 Å². The van der Waals surface area contributed by atoms with E-state index in [9.17, 15) is 9.59 Å². The third-order valence-electron chi connectivity index (χ3n) is 5.11. The van der Waals surface area contributed by atoms with Crippen LogP contribution in [0.4, 0.5) is 11.4 Å². The average Bonchev–Trinajstić information content (AvgIpc) is 3.11. The van der Waals surface area contributed by atoms with Gasteiger partial charge in [-0.05, 0) is 48.0 Å². The molecule has 0 unspecified atom stereocenters. The van der Waals surface area contributed by atoms with Crippen LogP contribution >= 0.6 is 23.2 Å². The van der Waals surface area contributed by atoms with E-state index in [-0.39, 0.29) is 17.5 Å². The first-order valence-electron chi connectivity index (χ1n) is 9.85. The lowest BCUT2D eigenvalue weighted by Crippen LogP contribution is -2.32. The largest absolute Gasteiger partial charge is 0.316 e. The third-order valence-corrected chi connectivity index (χ3v) is 5.68. The first kappa shape index (κ1) is 21.8. The van der Waals surface area contributed by atoms with E-state index in [2.05, 4.69) is 4.99 Å². The van der Waals surface area contributed by atoms with Gasteiger partial charge in [0.25, 0.3) is 5.91 Å². The summed E-state index contributed by atoms with van der Waals surface area (Å²) >= 11 is 12.3. The van der Waals surface area contributed by atoms with Crippen LogP contribution in [0.15, 0.2) is 83.5 Å². The number of amidine groups is 1. The Morgan fingerprint density at radius 1 is 1.00 bits per heavy atom. The molecule has 0 bridgehead atoms. The highest BCUT2D eigenvalue weighted by molar-refractivity contribution is 6.36. The number of aliphatic imine (C=N–C) groups is 1. The van der Waals surface area contributed by atoms with Crippen molar-refractivity contribution in [3.63, 3.8) is 0 Å². The van der Waals surface area contributed by atoms with Gasteiger partial charge in [-0.2, -0.15) is 0 Å². The summed E-state index contributed by atoms with van der Waals surface area (Å²) in [5, 5.41) is 0.949. The fraction of sp³-hybridized carbons (Fsp3) is 0.0800. The Bertz CT molecular complexity index is 1250. The number of hydrogen-bond donors (Lipinski definition) is 0. The van der Waals surface area contributed by atoms with Crippen LogP contribution in [-0.2, 0) is 9.59 Å². The van der Waals surface area contributed by atoms with Gasteiger partial charge in [-0.1, -0.05) is 59.6 Å². The van der Waals surface area contributed by atoms with Gasteiger partial charge in [0.2, 0.25) is 5.91 Å². The number of rotatable bonds is 4. The topological polar surface area (TPSA) is 53.0 Å². The van der Waals surface area contributed by atoms with Crippen LogP contribution in [0, 0.1) is 0 Å². The smallest absolute Gasteiger partial charge is 0.282 e. The minimum Gasteiger partial charge on any atom is -0.316 e. The van der Waals surface area contributed by atoms with Crippen LogP contribution in [0.3, 0.4) is 0 Å². The number of benzene rings is 3. The monoisotopic (exact) mass is 463 g/mol. The van der Waals surface area contributed by atoms with E-state index in [4.69, 9.17) is 23.2 Å². The lowest BCUT2D eigenvalue weighted by Gasteiger charge is -2.20. The molecule has 0 spiro atoms. The molecule has 1 aliphatic heterocycles. The van der Waals surface area contributed by atoms with Crippen LogP contribution in [0.5, 0.6) is 0 Å². The molecule has 0 saturated heterocycles. The van der Waals surface area contributed by atoms with E-state index in [0.29, 0.717) is 27.1 Å². The molecule has 7 heteroatoms. The molecular weight excluding hydrogens is 445 g/mol. The second kappa shape index (κ2) is 8.99. The molecule has 0 N–H and O–H groups in total. The van der Waals surface area contributed by atoms with Crippen molar-refractivity contribution < 1.29 is 9.59 Å². The van der Waals surface area contributed by atoms with Gasteiger partial charge in [-0.25, -0.2) is 4.99 Å². The number of amides is 2. The van der Waals surface area contributed by atoms with Crippen molar-refractivity contribution in [2.24, 2.45) is 4.99 Å². The molecule has 0 atom stereocenters. The molecule has 5 nitrogen and oxygen atoms in total. The number of carbonyl (C=O) groups is 2. The SMILES string of the molecule is CC(=O)N(C)c1ccc(N2C(=O)C(=Cc3ccc(Cl)cc3Cl)N=C2c2ccccc2)cc1. The Balaban J connectivity index is 1.77. The van der Waals surface area contributed by atoms with E-state index >= 15 is 0 Å². The zero-order valence-corrected chi connectivity index (χ0v) is 18.9. The van der Waals surface area contributed by atoms with Crippen molar-refractivity contribution in [1.82, 2.24) is 0 Å². The van der Waals surface area contributed by atoms with Gasteiger partial charge in [0, 0.05) is 35.3 Å². The molecule has 0 radical (unpaired) electrons. The normalized spacial score (nSPS) is 14.6. The van der Waals surface area contributed by atoms with Crippen LogP contribution in [0.2, 0.25) is 10.0 Å². The molecule has 2 amide bonds. The summed E-state index contributed by atoms with van der Waals surface area (Å²) in [5.74, 6) is 0.161. The Morgan fingerprint density at radius 2 is 1.69 bits per heavy atom. The summed E-state index contributed by atoms with van der Waals surface area (Å²) < 4.78 is 0. The number of hydrogen-bond acceptors (Lipinski definition) is 3. The molecule has 4 rings (SSSR count). The zero-order valence-electron chi connectivity index (χ0n) is 17.4. The molecule has 3 aromatic rings. The molecule has 1 aliphatic rings. The van der Waals surface area contributed by atoms with Crippen molar-refractivity contribution >= 4 is 58.3 Å². The maximum atomic E-state index is 13.4. The second-order valence-electron chi connectivity index (χ2n) is 7.23. The fourth-order valence-electron chi connectivity index (χ4n) is 3.31. The summed E-state index contributed by atoms with van der Waals surface area (Å²) in [5.41, 5.74) is 3.09. The van der Waals surface area contributed by atoms with Crippen LogP contribution in [-0.4, -0.2) is 24.7 Å². The summed E-state index contributed by atoms with van der Waals surface area (Å²) in [6.07, 6.45) is 1.65. The Morgan fingerprint density at radius 3 is 2.31 bits per heavy atom. The Labute approximate surface area is 196 Å². The highest BCUT2D eigenvalue weighted by Gasteiger charge is 2.32. The average molecular weight is 464 g/mol. The highest BCUT2D eigenvalue weighted by Crippen LogP contribution is 2.31. The van der Waals surface area contributed by atoms with Gasteiger partial charge in [-0.3, -0.25) is 14.5 Å². The quantitative estimate of drug-likeness (QED) is 0.458. The lowest BCUT2D eigenvalue weighted by molar-refractivity contribution is -0.116. The van der Waals surface area contributed by atoms with Crippen molar-refractivity contribution in [1.29, 1.82) is 0 Å². The summed E-state index contributed by atoms with van der Waals surface area (Å²) in [4.78, 5) is 32.8. The maximum Gasteiger partial charge on any atom is 0.282 e. The van der Waals surface area contributed by atoms with Crippen molar-refractivity contribution in [2.75, 3.05) is 16.8 Å².